The molecule has 2 N–H and O–H groups in total. The molecule has 0 heterocycles. The highest BCUT2D eigenvalue weighted by atomic mass is 16.4. The van der Waals surface area contributed by atoms with E-state index in [-0.39, 0.29) is 12.6 Å². The Morgan fingerprint density at radius 1 is 1.35 bits per heavy atom. The van der Waals surface area contributed by atoms with E-state index < -0.39 is 5.97 Å². The maximum atomic E-state index is 12.2. The minimum absolute atomic E-state index is 0.257. The number of aryl methyl sites for hydroxylation is 1. The van der Waals surface area contributed by atoms with Gasteiger partial charge in [-0.3, -0.25) is 4.79 Å². The van der Waals surface area contributed by atoms with Crippen molar-refractivity contribution in [3.05, 3.63) is 29.3 Å². The van der Waals surface area contributed by atoms with Crippen LogP contribution < -0.4 is 5.32 Å². The van der Waals surface area contributed by atoms with Crippen molar-refractivity contribution in [1.29, 1.82) is 0 Å². The van der Waals surface area contributed by atoms with Crippen LogP contribution in [0.2, 0.25) is 0 Å². The molecule has 20 heavy (non-hydrogen) atoms. The van der Waals surface area contributed by atoms with Gasteiger partial charge in [0.25, 0.3) is 0 Å². The van der Waals surface area contributed by atoms with Gasteiger partial charge in [0.05, 0.1) is 0 Å². The summed E-state index contributed by atoms with van der Waals surface area (Å²) in [6, 6.07) is 5.34. The second-order valence-corrected chi connectivity index (χ2v) is 5.40. The van der Waals surface area contributed by atoms with Crippen LogP contribution in [0.3, 0.4) is 0 Å². The van der Waals surface area contributed by atoms with Gasteiger partial charge in [-0.15, -0.1) is 0 Å². The molecule has 1 fully saturated rings. The van der Waals surface area contributed by atoms with Crippen LogP contribution in [0.4, 0.5) is 10.5 Å². The number of hydrogen-bond donors (Lipinski definition) is 2. The second kappa shape index (κ2) is 5.94. The Labute approximate surface area is 118 Å². The molecule has 1 aliphatic carbocycles. The molecule has 0 unspecified atom stereocenters. The maximum absolute atomic E-state index is 12.2. The highest BCUT2D eigenvalue weighted by molar-refractivity contribution is 5.92. The van der Waals surface area contributed by atoms with Crippen molar-refractivity contribution in [1.82, 2.24) is 4.90 Å². The molecular formula is C15H20N2O3. The number of aliphatic carboxylic acids is 1. The molecule has 5 heteroatoms. The first-order valence-corrected chi connectivity index (χ1v) is 6.81. The Morgan fingerprint density at radius 3 is 2.65 bits per heavy atom. The van der Waals surface area contributed by atoms with Crippen LogP contribution in [0.15, 0.2) is 18.2 Å². The average molecular weight is 276 g/mol. The molecular weight excluding hydrogens is 256 g/mol. The third-order valence-corrected chi connectivity index (χ3v) is 3.64. The zero-order valence-corrected chi connectivity index (χ0v) is 11.8. The van der Waals surface area contributed by atoms with E-state index in [9.17, 15) is 9.59 Å². The van der Waals surface area contributed by atoms with Gasteiger partial charge in [0, 0.05) is 12.2 Å². The molecule has 1 saturated carbocycles. The van der Waals surface area contributed by atoms with Crippen molar-refractivity contribution >= 4 is 17.7 Å². The number of urea groups is 1. The highest BCUT2D eigenvalue weighted by Gasteiger charge is 2.28. The Balaban J connectivity index is 2.06. The van der Waals surface area contributed by atoms with E-state index in [0.717, 1.165) is 29.7 Å². The highest BCUT2D eigenvalue weighted by Crippen LogP contribution is 2.30. The summed E-state index contributed by atoms with van der Waals surface area (Å²) in [5.41, 5.74) is 2.83. The molecule has 1 aromatic carbocycles. The van der Waals surface area contributed by atoms with E-state index in [0.29, 0.717) is 12.5 Å². The molecule has 0 radical (unpaired) electrons. The minimum Gasteiger partial charge on any atom is -0.480 e. The van der Waals surface area contributed by atoms with Gasteiger partial charge in [0.2, 0.25) is 0 Å². The normalized spacial score (nSPS) is 13.9. The predicted molar refractivity (Wildman–Crippen MR) is 76.9 cm³/mol. The van der Waals surface area contributed by atoms with Gasteiger partial charge in [0.15, 0.2) is 0 Å². The third-order valence-electron chi connectivity index (χ3n) is 3.64. The van der Waals surface area contributed by atoms with Crippen LogP contribution in [-0.4, -0.2) is 35.1 Å². The first-order valence-electron chi connectivity index (χ1n) is 6.81. The summed E-state index contributed by atoms with van der Waals surface area (Å²) < 4.78 is 0. The third kappa shape index (κ3) is 3.73. The van der Waals surface area contributed by atoms with E-state index in [2.05, 4.69) is 5.32 Å². The summed E-state index contributed by atoms with van der Waals surface area (Å²) in [6.45, 7) is 4.17. The van der Waals surface area contributed by atoms with Gasteiger partial charge in [-0.25, -0.2) is 4.79 Å². The summed E-state index contributed by atoms with van der Waals surface area (Å²) in [5.74, 6) is -0.527. The minimum atomic E-state index is -0.984. The maximum Gasteiger partial charge on any atom is 0.323 e. The number of nitrogens with one attached hydrogen (secondary N) is 1. The Bertz CT molecular complexity index is 524. The van der Waals surface area contributed by atoms with Gasteiger partial charge >= 0.3 is 12.0 Å². The smallest absolute Gasteiger partial charge is 0.323 e. The number of rotatable bonds is 5. The van der Waals surface area contributed by atoms with Gasteiger partial charge in [-0.05, 0) is 49.8 Å². The second-order valence-electron chi connectivity index (χ2n) is 5.40. The lowest BCUT2D eigenvalue weighted by atomic mass is 10.1. The van der Waals surface area contributed by atoms with Crippen molar-refractivity contribution in [3.63, 3.8) is 0 Å². The SMILES string of the molecule is Cc1cccc(NC(=O)N(CC(=O)O)CC2CC2)c1C. The zero-order valence-electron chi connectivity index (χ0n) is 11.8. The van der Waals surface area contributed by atoms with Gasteiger partial charge in [0.1, 0.15) is 6.54 Å². The summed E-state index contributed by atoms with van der Waals surface area (Å²) in [4.78, 5) is 24.5. The summed E-state index contributed by atoms with van der Waals surface area (Å²) in [5, 5.41) is 11.7. The largest absolute Gasteiger partial charge is 0.480 e. The molecule has 1 aliphatic rings. The van der Waals surface area contributed by atoms with Gasteiger partial charge in [-0.2, -0.15) is 0 Å². The molecule has 0 atom stereocenters. The van der Waals surface area contributed by atoms with E-state index in [1.165, 1.54) is 4.90 Å². The Morgan fingerprint density at radius 2 is 2.05 bits per heavy atom. The van der Waals surface area contributed by atoms with Crippen LogP contribution in [-0.2, 0) is 4.79 Å². The van der Waals surface area contributed by atoms with E-state index in [4.69, 9.17) is 5.11 Å². The number of carboxylic acids is 1. The lowest BCUT2D eigenvalue weighted by molar-refractivity contribution is -0.137. The number of benzene rings is 1. The average Bonchev–Trinajstić information content (AvgIpc) is 3.17. The van der Waals surface area contributed by atoms with Gasteiger partial charge in [-0.1, -0.05) is 12.1 Å². The molecule has 2 amide bonds. The number of amides is 2. The Hall–Kier alpha value is -2.04. The molecule has 0 aliphatic heterocycles. The molecule has 0 aromatic heterocycles. The summed E-state index contributed by atoms with van der Waals surface area (Å²) in [7, 11) is 0. The fraction of sp³-hybridized carbons (Fsp3) is 0.467. The van der Waals surface area contributed by atoms with Gasteiger partial charge < -0.3 is 15.3 Å². The lowest BCUT2D eigenvalue weighted by Gasteiger charge is -2.22. The number of carbonyl (C=O) groups is 2. The van der Waals surface area contributed by atoms with Crippen molar-refractivity contribution < 1.29 is 14.7 Å². The topological polar surface area (TPSA) is 69.6 Å². The quantitative estimate of drug-likeness (QED) is 0.868. The fourth-order valence-corrected chi connectivity index (χ4v) is 2.08. The molecule has 1 aromatic rings. The molecule has 108 valence electrons. The molecule has 0 saturated heterocycles. The zero-order chi connectivity index (χ0) is 14.7. The first-order chi connectivity index (χ1) is 9.47. The summed E-state index contributed by atoms with van der Waals surface area (Å²) in [6.07, 6.45) is 2.15. The van der Waals surface area contributed by atoms with Crippen LogP contribution in [0.25, 0.3) is 0 Å². The van der Waals surface area contributed by atoms with Crippen molar-refractivity contribution in [2.75, 3.05) is 18.4 Å². The molecule has 0 spiro atoms. The van der Waals surface area contributed by atoms with E-state index in [1.807, 2.05) is 32.0 Å². The predicted octanol–water partition coefficient (Wildman–Crippen LogP) is 2.63. The van der Waals surface area contributed by atoms with E-state index >= 15 is 0 Å². The molecule has 5 nitrogen and oxygen atoms in total. The van der Waals surface area contributed by atoms with Crippen LogP contribution in [0.5, 0.6) is 0 Å². The van der Waals surface area contributed by atoms with Crippen molar-refractivity contribution in [2.24, 2.45) is 5.92 Å². The molecule has 0 bridgehead atoms. The Kier molecular flexibility index (Phi) is 4.27. The fourth-order valence-electron chi connectivity index (χ4n) is 2.08. The number of carbonyl (C=O) groups excluding carboxylic acids is 1. The molecule has 2 rings (SSSR count). The first kappa shape index (κ1) is 14.4. The number of nitrogens with zero attached hydrogens (tertiary/aromatic N) is 1. The lowest BCUT2D eigenvalue weighted by Crippen LogP contribution is -2.40. The number of carboxylic acid groups (broad SMARTS) is 1. The van der Waals surface area contributed by atoms with Crippen molar-refractivity contribution in [2.45, 2.75) is 26.7 Å². The number of hydrogen-bond acceptors (Lipinski definition) is 2. The van der Waals surface area contributed by atoms with E-state index in [1.54, 1.807) is 0 Å². The van der Waals surface area contributed by atoms with Crippen molar-refractivity contribution in [3.8, 4) is 0 Å². The van der Waals surface area contributed by atoms with Crippen LogP contribution in [0, 0.1) is 19.8 Å². The number of anilines is 1. The van der Waals surface area contributed by atoms with Crippen LogP contribution in [0.1, 0.15) is 24.0 Å². The summed E-state index contributed by atoms with van der Waals surface area (Å²) >= 11 is 0. The monoisotopic (exact) mass is 276 g/mol. The van der Waals surface area contributed by atoms with Crippen LogP contribution >= 0.6 is 0 Å². The standard InChI is InChI=1S/C15H20N2O3/c1-10-4-3-5-13(11(10)2)16-15(20)17(9-14(18)19)8-12-6-7-12/h3-5,12H,6-9H2,1-2H3,(H,16,20)(H,18,19).